The number of rotatable bonds is 5. The third-order valence-electron chi connectivity index (χ3n) is 4.07. The number of piperidine rings is 1. The number of ether oxygens (including phenoxy) is 1. The van der Waals surface area contributed by atoms with Gasteiger partial charge in [-0.15, -0.1) is 5.10 Å². The summed E-state index contributed by atoms with van der Waals surface area (Å²) in [5.41, 5.74) is 0. The molecular formula is C16H22N4O3S. The van der Waals surface area contributed by atoms with Gasteiger partial charge in [-0.05, 0) is 51.0 Å². The molecule has 0 bridgehead atoms. The molecule has 0 N–H and O–H groups in total. The first-order valence-corrected chi connectivity index (χ1v) is 9.53. The van der Waals surface area contributed by atoms with Crippen molar-refractivity contribution in [3.05, 3.63) is 36.7 Å². The van der Waals surface area contributed by atoms with E-state index in [1.165, 1.54) is 0 Å². The van der Waals surface area contributed by atoms with Crippen LogP contribution in [0.4, 0.5) is 0 Å². The monoisotopic (exact) mass is 350 g/mol. The van der Waals surface area contributed by atoms with E-state index >= 15 is 0 Å². The van der Waals surface area contributed by atoms with Crippen molar-refractivity contribution in [2.75, 3.05) is 13.1 Å². The number of nitrogens with zero attached hydrogens (tertiary/aromatic N) is 4. The quantitative estimate of drug-likeness (QED) is 0.825. The van der Waals surface area contributed by atoms with E-state index in [0.29, 0.717) is 23.7 Å². The van der Waals surface area contributed by atoms with Gasteiger partial charge >= 0.3 is 0 Å². The Bertz CT molecular complexity index is 749. The van der Waals surface area contributed by atoms with Crippen LogP contribution in [0, 0.1) is 0 Å². The summed E-state index contributed by atoms with van der Waals surface area (Å²) in [6.45, 7) is 4.84. The normalized spacial score (nSPS) is 17.3. The summed E-state index contributed by atoms with van der Waals surface area (Å²) in [6.07, 6.45) is 4.99. The number of benzene rings is 1. The molecule has 2 aromatic rings. The third-order valence-corrected chi connectivity index (χ3v) is 5.98. The number of hydrogen-bond acceptors (Lipinski definition) is 5. The molecular weight excluding hydrogens is 328 g/mol. The lowest BCUT2D eigenvalue weighted by molar-refractivity contribution is 0.242. The number of hydrogen-bond donors (Lipinski definition) is 0. The molecule has 0 unspecified atom stereocenters. The zero-order valence-electron chi connectivity index (χ0n) is 13.9. The molecule has 1 saturated heterocycles. The van der Waals surface area contributed by atoms with Gasteiger partial charge in [0.15, 0.2) is 0 Å². The molecule has 3 rings (SSSR count). The van der Waals surface area contributed by atoms with Crippen molar-refractivity contribution in [2.45, 2.75) is 43.7 Å². The van der Waals surface area contributed by atoms with E-state index in [1.807, 2.05) is 24.7 Å². The fourth-order valence-corrected chi connectivity index (χ4v) is 4.34. The Morgan fingerprint density at radius 1 is 1.17 bits per heavy atom. The lowest BCUT2D eigenvalue weighted by Crippen LogP contribution is -2.39. The first kappa shape index (κ1) is 16.9. The largest absolute Gasteiger partial charge is 0.491 e. The molecule has 1 aromatic heterocycles. The highest BCUT2D eigenvalue weighted by Gasteiger charge is 2.30. The fraction of sp³-hybridized carbons (Fsp3) is 0.500. The van der Waals surface area contributed by atoms with Gasteiger partial charge in [0, 0.05) is 19.3 Å². The van der Waals surface area contributed by atoms with Gasteiger partial charge in [-0.1, -0.05) is 5.21 Å². The van der Waals surface area contributed by atoms with Gasteiger partial charge in [0.2, 0.25) is 10.0 Å². The molecule has 0 saturated carbocycles. The Hall–Kier alpha value is -1.93. The Balaban J connectivity index is 1.67. The summed E-state index contributed by atoms with van der Waals surface area (Å²) in [7, 11) is -3.47. The van der Waals surface area contributed by atoms with E-state index in [1.54, 1.807) is 34.8 Å². The van der Waals surface area contributed by atoms with E-state index in [-0.39, 0.29) is 12.1 Å². The fourth-order valence-electron chi connectivity index (χ4n) is 2.87. The van der Waals surface area contributed by atoms with Crippen molar-refractivity contribution < 1.29 is 13.2 Å². The Morgan fingerprint density at radius 3 is 2.38 bits per heavy atom. The molecule has 0 amide bonds. The molecule has 0 atom stereocenters. The average molecular weight is 350 g/mol. The summed E-state index contributed by atoms with van der Waals surface area (Å²) >= 11 is 0. The maximum atomic E-state index is 12.8. The summed E-state index contributed by atoms with van der Waals surface area (Å²) in [6, 6.07) is 6.83. The van der Waals surface area contributed by atoms with Crippen LogP contribution >= 0.6 is 0 Å². The molecule has 7 nitrogen and oxygen atoms in total. The molecule has 0 radical (unpaired) electrons. The van der Waals surface area contributed by atoms with Crippen LogP contribution in [0.3, 0.4) is 0 Å². The summed E-state index contributed by atoms with van der Waals surface area (Å²) < 4.78 is 34.4. The number of aromatic nitrogens is 3. The highest BCUT2D eigenvalue weighted by molar-refractivity contribution is 7.89. The summed E-state index contributed by atoms with van der Waals surface area (Å²) in [5, 5.41) is 7.81. The van der Waals surface area contributed by atoms with Crippen molar-refractivity contribution in [2.24, 2.45) is 0 Å². The van der Waals surface area contributed by atoms with Crippen LogP contribution in [-0.2, 0) is 10.0 Å². The molecule has 2 heterocycles. The minimum absolute atomic E-state index is 0.0586. The topological polar surface area (TPSA) is 77.3 Å². The van der Waals surface area contributed by atoms with Crippen molar-refractivity contribution >= 4 is 10.0 Å². The highest BCUT2D eigenvalue weighted by Crippen LogP contribution is 2.27. The lowest BCUT2D eigenvalue weighted by Gasteiger charge is -2.31. The van der Waals surface area contributed by atoms with Gasteiger partial charge < -0.3 is 4.74 Å². The predicted octanol–water partition coefficient (Wildman–Crippen LogP) is 2.09. The third kappa shape index (κ3) is 3.59. The molecule has 130 valence electrons. The van der Waals surface area contributed by atoms with Crippen LogP contribution in [-0.4, -0.2) is 46.9 Å². The van der Waals surface area contributed by atoms with Gasteiger partial charge in [0.25, 0.3) is 0 Å². The van der Waals surface area contributed by atoms with Crippen LogP contribution in [0.5, 0.6) is 5.75 Å². The summed E-state index contributed by atoms with van der Waals surface area (Å²) in [4.78, 5) is 0.304. The first-order valence-electron chi connectivity index (χ1n) is 8.09. The van der Waals surface area contributed by atoms with Crippen molar-refractivity contribution in [3.8, 4) is 5.75 Å². The minimum Gasteiger partial charge on any atom is -0.491 e. The van der Waals surface area contributed by atoms with Crippen molar-refractivity contribution in [1.29, 1.82) is 0 Å². The van der Waals surface area contributed by atoms with Crippen LogP contribution in [0.25, 0.3) is 0 Å². The van der Waals surface area contributed by atoms with E-state index in [0.717, 1.165) is 12.8 Å². The second kappa shape index (κ2) is 6.90. The smallest absolute Gasteiger partial charge is 0.243 e. The second-order valence-corrected chi connectivity index (χ2v) is 8.09. The minimum atomic E-state index is -3.47. The zero-order valence-corrected chi connectivity index (χ0v) is 14.7. The summed E-state index contributed by atoms with van der Waals surface area (Å²) in [5.74, 6) is 0.675. The molecule has 1 fully saturated rings. The van der Waals surface area contributed by atoms with Crippen LogP contribution in [0.2, 0.25) is 0 Å². The maximum absolute atomic E-state index is 12.8. The Morgan fingerprint density at radius 2 is 1.83 bits per heavy atom. The van der Waals surface area contributed by atoms with E-state index in [2.05, 4.69) is 10.3 Å². The molecule has 8 heteroatoms. The maximum Gasteiger partial charge on any atom is 0.243 e. The van der Waals surface area contributed by atoms with Crippen molar-refractivity contribution in [1.82, 2.24) is 19.3 Å². The molecule has 1 aliphatic heterocycles. The highest BCUT2D eigenvalue weighted by atomic mass is 32.2. The van der Waals surface area contributed by atoms with Gasteiger partial charge in [0.05, 0.1) is 23.2 Å². The predicted molar refractivity (Wildman–Crippen MR) is 89.3 cm³/mol. The second-order valence-electron chi connectivity index (χ2n) is 6.16. The van der Waals surface area contributed by atoms with E-state index < -0.39 is 10.0 Å². The van der Waals surface area contributed by atoms with Crippen LogP contribution in [0.15, 0.2) is 41.6 Å². The SMILES string of the molecule is CC(C)Oc1ccc(S(=O)(=O)N2CCC(n3ccnn3)CC2)cc1. The van der Waals surface area contributed by atoms with Gasteiger partial charge in [0.1, 0.15) is 5.75 Å². The molecule has 24 heavy (non-hydrogen) atoms. The standard InChI is InChI=1S/C16H22N4O3S/c1-13(2)23-15-3-5-16(6-4-15)24(21,22)19-10-7-14(8-11-19)20-12-9-17-18-20/h3-6,9,12-14H,7-8,10-11H2,1-2H3. The Kier molecular flexibility index (Phi) is 4.86. The molecule has 1 aliphatic rings. The van der Waals surface area contributed by atoms with E-state index in [4.69, 9.17) is 4.74 Å². The molecule has 1 aromatic carbocycles. The Labute approximate surface area is 142 Å². The van der Waals surface area contributed by atoms with Crippen LogP contribution in [0.1, 0.15) is 32.7 Å². The van der Waals surface area contributed by atoms with Gasteiger partial charge in [-0.2, -0.15) is 4.31 Å². The molecule has 0 aliphatic carbocycles. The van der Waals surface area contributed by atoms with Gasteiger partial charge in [-0.3, -0.25) is 0 Å². The van der Waals surface area contributed by atoms with E-state index in [9.17, 15) is 8.42 Å². The average Bonchev–Trinajstić information content (AvgIpc) is 3.09. The van der Waals surface area contributed by atoms with Gasteiger partial charge in [-0.25, -0.2) is 13.1 Å². The van der Waals surface area contributed by atoms with Crippen LogP contribution < -0.4 is 4.74 Å². The lowest BCUT2D eigenvalue weighted by atomic mass is 10.1. The first-order chi connectivity index (χ1) is 11.5. The number of sulfonamides is 1. The molecule has 0 spiro atoms. The zero-order chi connectivity index (χ0) is 17.2. The van der Waals surface area contributed by atoms with Crippen molar-refractivity contribution in [3.63, 3.8) is 0 Å².